The molecule has 0 atom stereocenters. The molecule has 1 heterocycles. The van der Waals surface area contributed by atoms with E-state index in [1.807, 2.05) is 0 Å². The quantitative estimate of drug-likeness (QED) is 0.835. The number of amides is 1. The van der Waals surface area contributed by atoms with Crippen molar-refractivity contribution in [2.24, 2.45) is 0 Å². The standard InChI is InChI=1S/C12H7F3N2O/c13-8-4-7(5-9(14)6-8)12(18)17-11-3-1-2-10(15)16-11/h1-6H,(H,16,17,18). The summed E-state index contributed by atoms with van der Waals surface area (Å²) in [5.74, 6) is -3.31. The molecule has 1 amide bonds. The fourth-order valence-electron chi connectivity index (χ4n) is 1.35. The summed E-state index contributed by atoms with van der Waals surface area (Å²) in [5.41, 5.74) is -0.210. The molecule has 1 aromatic carbocycles. The summed E-state index contributed by atoms with van der Waals surface area (Å²) in [6.07, 6.45) is 0. The van der Waals surface area contributed by atoms with Crippen molar-refractivity contribution in [2.45, 2.75) is 0 Å². The maximum absolute atomic E-state index is 12.9. The number of nitrogens with one attached hydrogen (secondary N) is 1. The molecule has 1 aromatic heterocycles. The maximum Gasteiger partial charge on any atom is 0.257 e. The van der Waals surface area contributed by atoms with E-state index in [-0.39, 0.29) is 11.4 Å². The van der Waals surface area contributed by atoms with E-state index >= 15 is 0 Å². The van der Waals surface area contributed by atoms with Crippen LogP contribution in [0.5, 0.6) is 0 Å². The van der Waals surface area contributed by atoms with Crippen LogP contribution in [0.15, 0.2) is 36.4 Å². The summed E-state index contributed by atoms with van der Waals surface area (Å²) in [6, 6.07) is 6.21. The smallest absolute Gasteiger partial charge is 0.257 e. The molecule has 0 aliphatic carbocycles. The van der Waals surface area contributed by atoms with Crippen LogP contribution < -0.4 is 5.32 Å². The summed E-state index contributed by atoms with van der Waals surface area (Å²) in [5, 5.41) is 2.23. The number of nitrogens with zero attached hydrogens (tertiary/aromatic N) is 1. The van der Waals surface area contributed by atoms with E-state index in [0.717, 1.165) is 18.2 Å². The molecule has 3 nitrogen and oxygen atoms in total. The van der Waals surface area contributed by atoms with E-state index in [0.29, 0.717) is 6.07 Å². The van der Waals surface area contributed by atoms with Crippen LogP contribution in [-0.4, -0.2) is 10.9 Å². The molecule has 2 rings (SSSR count). The number of pyridine rings is 1. The molecule has 0 saturated heterocycles. The lowest BCUT2D eigenvalue weighted by atomic mass is 10.2. The van der Waals surface area contributed by atoms with Crippen molar-refractivity contribution in [1.82, 2.24) is 4.98 Å². The van der Waals surface area contributed by atoms with Crippen LogP contribution in [0.25, 0.3) is 0 Å². The molecule has 18 heavy (non-hydrogen) atoms. The molecule has 0 fully saturated rings. The van der Waals surface area contributed by atoms with Crippen LogP contribution in [-0.2, 0) is 0 Å². The van der Waals surface area contributed by atoms with Gasteiger partial charge in [-0.1, -0.05) is 6.07 Å². The molecule has 0 spiro atoms. The van der Waals surface area contributed by atoms with Gasteiger partial charge in [0.1, 0.15) is 17.5 Å². The molecule has 2 aromatic rings. The van der Waals surface area contributed by atoms with Crippen LogP contribution >= 0.6 is 0 Å². The first kappa shape index (κ1) is 12.1. The first-order valence-electron chi connectivity index (χ1n) is 4.94. The van der Waals surface area contributed by atoms with Crippen LogP contribution in [0.3, 0.4) is 0 Å². The molecular weight excluding hydrogens is 245 g/mol. The number of anilines is 1. The molecule has 0 aliphatic rings. The monoisotopic (exact) mass is 252 g/mol. The predicted molar refractivity (Wildman–Crippen MR) is 58.5 cm³/mol. The van der Waals surface area contributed by atoms with E-state index in [2.05, 4.69) is 10.3 Å². The first-order chi connectivity index (χ1) is 8.54. The lowest BCUT2D eigenvalue weighted by Crippen LogP contribution is -2.13. The van der Waals surface area contributed by atoms with Gasteiger partial charge in [-0.2, -0.15) is 4.39 Å². The van der Waals surface area contributed by atoms with Crippen molar-refractivity contribution in [2.75, 3.05) is 5.32 Å². The highest BCUT2D eigenvalue weighted by atomic mass is 19.1. The molecule has 92 valence electrons. The molecule has 0 bridgehead atoms. The third-order valence-electron chi connectivity index (χ3n) is 2.08. The van der Waals surface area contributed by atoms with Gasteiger partial charge in [-0.05, 0) is 24.3 Å². The Bertz CT molecular complexity index is 581. The number of halogens is 3. The number of hydrogen-bond acceptors (Lipinski definition) is 2. The number of carbonyl (C=O) groups is 1. The summed E-state index contributed by atoms with van der Waals surface area (Å²) in [6.45, 7) is 0. The summed E-state index contributed by atoms with van der Waals surface area (Å²) in [4.78, 5) is 15.0. The Morgan fingerprint density at radius 3 is 2.33 bits per heavy atom. The van der Waals surface area contributed by atoms with Gasteiger partial charge in [-0.15, -0.1) is 0 Å². The average molecular weight is 252 g/mol. The summed E-state index contributed by atoms with van der Waals surface area (Å²) in [7, 11) is 0. The Labute approximate surface area is 100 Å². The lowest BCUT2D eigenvalue weighted by Gasteiger charge is -2.04. The van der Waals surface area contributed by atoms with E-state index < -0.39 is 23.5 Å². The van der Waals surface area contributed by atoms with Crippen molar-refractivity contribution in [3.05, 3.63) is 59.5 Å². The number of aromatic nitrogens is 1. The SMILES string of the molecule is O=C(Nc1cccc(F)n1)c1cc(F)cc(F)c1. The Balaban J connectivity index is 2.22. The van der Waals surface area contributed by atoms with Gasteiger partial charge < -0.3 is 5.32 Å². The molecule has 0 aliphatic heterocycles. The minimum absolute atomic E-state index is 0.0373. The van der Waals surface area contributed by atoms with Gasteiger partial charge in [0.2, 0.25) is 5.95 Å². The van der Waals surface area contributed by atoms with Gasteiger partial charge in [-0.3, -0.25) is 4.79 Å². The number of hydrogen-bond donors (Lipinski definition) is 1. The van der Waals surface area contributed by atoms with E-state index in [1.165, 1.54) is 12.1 Å². The van der Waals surface area contributed by atoms with Crippen molar-refractivity contribution in [3.63, 3.8) is 0 Å². The lowest BCUT2D eigenvalue weighted by molar-refractivity contribution is 0.102. The Hall–Kier alpha value is -2.37. The fourth-order valence-corrected chi connectivity index (χ4v) is 1.35. The second-order valence-corrected chi connectivity index (χ2v) is 3.46. The van der Waals surface area contributed by atoms with Crippen LogP contribution in [0.1, 0.15) is 10.4 Å². The van der Waals surface area contributed by atoms with Crippen LogP contribution in [0, 0.1) is 17.6 Å². The van der Waals surface area contributed by atoms with Gasteiger partial charge in [0.25, 0.3) is 5.91 Å². The molecule has 6 heteroatoms. The molecule has 1 N–H and O–H groups in total. The third-order valence-corrected chi connectivity index (χ3v) is 2.08. The van der Waals surface area contributed by atoms with Gasteiger partial charge in [0.15, 0.2) is 0 Å². The normalized spacial score (nSPS) is 10.2. The molecular formula is C12H7F3N2O. The highest BCUT2D eigenvalue weighted by Crippen LogP contribution is 2.11. The van der Waals surface area contributed by atoms with Crippen molar-refractivity contribution in [3.8, 4) is 0 Å². The topological polar surface area (TPSA) is 42.0 Å². The Kier molecular flexibility index (Phi) is 3.27. The second kappa shape index (κ2) is 4.87. The zero-order chi connectivity index (χ0) is 13.1. The van der Waals surface area contributed by atoms with Crippen molar-refractivity contribution in [1.29, 1.82) is 0 Å². The molecule has 0 unspecified atom stereocenters. The van der Waals surface area contributed by atoms with Crippen molar-refractivity contribution >= 4 is 11.7 Å². The van der Waals surface area contributed by atoms with Gasteiger partial charge in [-0.25, -0.2) is 13.8 Å². The fraction of sp³-hybridized carbons (Fsp3) is 0. The Morgan fingerprint density at radius 2 is 1.72 bits per heavy atom. The summed E-state index contributed by atoms with van der Waals surface area (Å²) < 4.78 is 38.6. The second-order valence-electron chi connectivity index (χ2n) is 3.46. The van der Waals surface area contributed by atoms with E-state index in [4.69, 9.17) is 0 Å². The van der Waals surface area contributed by atoms with Gasteiger partial charge >= 0.3 is 0 Å². The van der Waals surface area contributed by atoms with E-state index in [9.17, 15) is 18.0 Å². The maximum atomic E-state index is 12.9. The minimum Gasteiger partial charge on any atom is -0.306 e. The number of benzene rings is 1. The predicted octanol–water partition coefficient (Wildman–Crippen LogP) is 2.75. The summed E-state index contributed by atoms with van der Waals surface area (Å²) >= 11 is 0. The number of rotatable bonds is 2. The molecule has 0 radical (unpaired) electrons. The highest BCUT2D eigenvalue weighted by Gasteiger charge is 2.10. The molecule has 0 saturated carbocycles. The van der Waals surface area contributed by atoms with Crippen LogP contribution in [0.2, 0.25) is 0 Å². The third kappa shape index (κ3) is 2.85. The zero-order valence-corrected chi connectivity index (χ0v) is 8.95. The largest absolute Gasteiger partial charge is 0.306 e. The van der Waals surface area contributed by atoms with Gasteiger partial charge in [0.05, 0.1) is 0 Å². The highest BCUT2D eigenvalue weighted by molar-refractivity contribution is 6.03. The Morgan fingerprint density at radius 1 is 1.06 bits per heavy atom. The van der Waals surface area contributed by atoms with Crippen molar-refractivity contribution < 1.29 is 18.0 Å². The van der Waals surface area contributed by atoms with Crippen LogP contribution in [0.4, 0.5) is 19.0 Å². The average Bonchev–Trinajstić information content (AvgIpc) is 2.27. The zero-order valence-electron chi connectivity index (χ0n) is 8.95. The minimum atomic E-state index is -0.868. The first-order valence-corrected chi connectivity index (χ1v) is 4.94. The van der Waals surface area contributed by atoms with Gasteiger partial charge in [0, 0.05) is 11.6 Å². The number of carbonyl (C=O) groups excluding carboxylic acids is 1. The van der Waals surface area contributed by atoms with E-state index in [1.54, 1.807) is 0 Å².